The minimum Gasteiger partial charge on any atom is -0.287 e. The van der Waals surface area contributed by atoms with Crippen molar-refractivity contribution in [2.24, 2.45) is 7.05 Å². The normalized spacial score (nSPS) is 10.8. The van der Waals surface area contributed by atoms with E-state index in [1.807, 2.05) is 51.2 Å². The molecule has 0 radical (unpaired) electrons. The van der Waals surface area contributed by atoms with E-state index in [1.54, 1.807) is 9.36 Å². The van der Waals surface area contributed by atoms with Crippen LogP contribution >= 0.6 is 0 Å². The molecule has 0 spiro atoms. The average Bonchev–Trinajstić information content (AvgIpc) is 3.05. The number of rotatable bonds is 3. The zero-order valence-corrected chi connectivity index (χ0v) is 12.1. The van der Waals surface area contributed by atoms with Gasteiger partial charge in [-0.25, -0.2) is 4.68 Å². The van der Waals surface area contributed by atoms with Gasteiger partial charge in [0.25, 0.3) is 0 Å². The lowest BCUT2D eigenvalue weighted by atomic mass is 10.1. The Bertz CT molecular complexity index is 801. The minimum atomic E-state index is -0.119. The number of hydrogen-bond donors (Lipinski definition) is 0. The summed E-state index contributed by atoms with van der Waals surface area (Å²) in [5, 5.41) is 12.2. The van der Waals surface area contributed by atoms with Gasteiger partial charge in [-0.05, 0) is 26.0 Å². The maximum atomic E-state index is 12.8. The van der Waals surface area contributed by atoms with Crippen molar-refractivity contribution in [3.63, 3.8) is 0 Å². The van der Waals surface area contributed by atoms with E-state index < -0.39 is 0 Å². The first-order valence-electron chi connectivity index (χ1n) is 6.60. The summed E-state index contributed by atoms with van der Waals surface area (Å²) in [5.41, 5.74) is 3.38. The quantitative estimate of drug-likeness (QED) is 0.687. The number of carbonyl (C=O) groups excluding carboxylic acids is 1. The predicted molar refractivity (Wildman–Crippen MR) is 77.5 cm³/mol. The molecule has 0 N–H and O–H groups in total. The molecule has 0 amide bonds. The molecule has 2 heterocycles. The molecule has 0 saturated heterocycles. The fourth-order valence-corrected chi connectivity index (χ4v) is 2.38. The van der Waals surface area contributed by atoms with Crippen LogP contribution in [0.4, 0.5) is 0 Å². The second kappa shape index (κ2) is 4.97. The van der Waals surface area contributed by atoms with Crippen LogP contribution in [0.25, 0.3) is 5.69 Å². The van der Waals surface area contributed by atoms with Crippen molar-refractivity contribution in [3.05, 3.63) is 59.2 Å². The predicted octanol–water partition coefficient (Wildman–Crippen LogP) is 1.85. The lowest BCUT2D eigenvalue weighted by Gasteiger charge is -2.05. The molecule has 2 aromatic heterocycles. The fraction of sp³-hybridized carbons (Fsp3) is 0.200. The van der Waals surface area contributed by atoms with E-state index in [9.17, 15) is 4.79 Å². The number of para-hydroxylation sites is 1. The van der Waals surface area contributed by atoms with Gasteiger partial charge in [0, 0.05) is 12.7 Å². The van der Waals surface area contributed by atoms with Crippen LogP contribution in [-0.4, -0.2) is 30.6 Å². The molecule has 106 valence electrons. The molecule has 0 aliphatic carbocycles. The van der Waals surface area contributed by atoms with Crippen LogP contribution in [0.1, 0.15) is 27.4 Å². The van der Waals surface area contributed by atoms with E-state index in [2.05, 4.69) is 15.4 Å². The van der Waals surface area contributed by atoms with Gasteiger partial charge in [-0.1, -0.05) is 23.4 Å². The van der Waals surface area contributed by atoms with Crippen LogP contribution in [0.3, 0.4) is 0 Å². The molecule has 6 heteroatoms. The molecule has 6 nitrogen and oxygen atoms in total. The van der Waals surface area contributed by atoms with E-state index in [-0.39, 0.29) is 5.78 Å². The third-order valence-electron chi connectivity index (χ3n) is 3.52. The number of carbonyl (C=O) groups is 1. The van der Waals surface area contributed by atoms with Gasteiger partial charge < -0.3 is 0 Å². The fourth-order valence-electron chi connectivity index (χ4n) is 2.38. The summed E-state index contributed by atoms with van der Waals surface area (Å²) in [6.45, 7) is 3.71. The lowest BCUT2D eigenvalue weighted by Crippen LogP contribution is -2.11. The Hall–Kier alpha value is -2.76. The highest BCUT2D eigenvalue weighted by molar-refractivity contribution is 6.09. The topological polar surface area (TPSA) is 65.6 Å². The molecule has 1 aromatic carbocycles. The van der Waals surface area contributed by atoms with Crippen LogP contribution in [0.2, 0.25) is 0 Å². The molecule has 0 saturated carbocycles. The molecular formula is C15H15N5O. The van der Waals surface area contributed by atoms with Gasteiger partial charge in [0.2, 0.25) is 5.78 Å². The van der Waals surface area contributed by atoms with Gasteiger partial charge >= 0.3 is 0 Å². The van der Waals surface area contributed by atoms with E-state index >= 15 is 0 Å². The van der Waals surface area contributed by atoms with Crippen molar-refractivity contribution >= 4 is 5.78 Å². The first-order chi connectivity index (χ1) is 10.1. The summed E-state index contributed by atoms with van der Waals surface area (Å²) in [6.07, 6.45) is 1.49. The van der Waals surface area contributed by atoms with Crippen LogP contribution in [0, 0.1) is 13.8 Å². The molecule has 0 bridgehead atoms. The number of hydrogen-bond acceptors (Lipinski definition) is 4. The van der Waals surface area contributed by atoms with Gasteiger partial charge in [0.1, 0.15) is 5.69 Å². The maximum absolute atomic E-state index is 12.8. The average molecular weight is 281 g/mol. The summed E-state index contributed by atoms with van der Waals surface area (Å²) >= 11 is 0. The number of aryl methyl sites for hydroxylation is 2. The second-order valence-corrected chi connectivity index (χ2v) is 4.87. The molecular weight excluding hydrogens is 266 g/mol. The van der Waals surface area contributed by atoms with E-state index in [0.717, 1.165) is 11.4 Å². The summed E-state index contributed by atoms with van der Waals surface area (Å²) < 4.78 is 3.26. The van der Waals surface area contributed by atoms with Gasteiger partial charge in [-0.3, -0.25) is 9.48 Å². The van der Waals surface area contributed by atoms with Crippen LogP contribution in [-0.2, 0) is 7.05 Å². The molecule has 0 fully saturated rings. The minimum absolute atomic E-state index is 0.119. The molecule has 0 aliphatic rings. The third kappa shape index (κ3) is 2.14. The van der Waals surface area contributed by atoms with E-state index in [1.165, 1.54) is 6.20 Å². The van der Waals surface area contributed by atoms with Crippen molar-refractivity contribution in [1.29, 1.82) is 0 Å². The van der Waals surface area contributed by atoms with Crippen LogP contribution < -0.4 is 0 Å². The number of aromatic nitrogens is 5. The van der Waals surface area contributed by atoms with Gasteiger partial charge in [0.05, 0.1) is 23.1 Å². The maximum Gasteiger partial charge on any atom is 0.216 e. The Balaban J connectivity index is 2.10. The van der Waals surface area contributed by atoms with Gasteiger partial charge in [0.15, 0.2) is 0 Å². The van der Waals surface area contributed by atoms with Crippen LogP contribution in [0.15, 0.2) is 36.5 Å². The molecule has 0 unspecified atom stereocenters. The lowest BCUT2D eigenvalue weighted by molar-refractivity contribution is 0.103. The Labute approximate surface area is 122 Å². The van der Waals surface area contributed by atoms with Crippen molar-refractivity contribution in [2.45, 2.75) is 13.8 Å². The van der Waals surface area contributed by atoms with Crippen molar-refractivity contribution in [2.75, 3.05) is 0 Å². The first kappa shape index (κ1) is 13.2. The molecule has 21 heavy (non-hydrogen) atoms. The zero-order valence-electron chi connectivity index (χ0n) is 12.1. The molecule has 0 atom stereocenters. The van der Waals surface area contributed by atoms with Crippen molar-refractivity contribution < 1.29 is 4.79 Å². The summed E-state index contributed by atoms with van der Waals surface area (Å²) in [5.74, 6) is -0.119. The monoisotopic (exact) mass is 281 g/mol. The number of nitrogens with zero attached hydrogens (tertiary/aromatic N) is 5. The first-order valence-corrected chi connectivity index (χ1v) is 6.60. The molecule has 3 aromatic rings. The molecule has 3 rings (SSSR count). The van der Waals surface area contributed by atoms with E-state index in [4.69, 9.17) is 0 Å². The Morgan fingerprint density at radius 1 is 1.14 bits per heavy atom. The zero-order chi connectivity index (χ0) is 15.0. The largest absolute Gasteiger partial charge is 0.287 e. The number of benzene rings is 1. The van der Waals surface area contributed by atoms with Crippen molar-refractivity contribution in [1.82, 2.24) is 24.8 Å². The second-order valence-electron chi connectivity index (χ2n) is 4.87. The SMILES string of the molecule is Cc1nn(C)c(C)c1C(=O)c1cnnn1-c1ccccc1. The van der Waals surface area contributed by atoms with Gasteiger partial charge in [-0.15, -0.1) is 5.10 Å². The highest BCUT2D eigenvalue weighted by Crippen LogP contribution is 2.18. The summed E-state index contributed by atoms with van der Waals surface area (Å²) in [6, 6.07) is 9.47. The van der Waals surface area contributed by atoms with Crippen LogP contribution in [0.5, 0.6) is 0 Å². The highest BCUT2D eigenvalue weighted by Gasteiger charge is 2.23. The van der Waals surface area contributed by atoms with Gasteiger partial charge in [-0.2, -0.15) is 5.10 Å². The Morgan fingerprint density at radius 3 is 2.48 bits per heavy atom. The third-order valence-corrected chi connectivity index (χ3v) is 3.52. The Morgan fingerprint density at radius 2 is 1.86 bits per heavy atom. The van der Waals surface area contributed by atoms with Crippen molar-refractivity contribution in [3.8, 4) is 5.69 Å². The summed E-state index contributed by atoms with van der Waals surface area (Å²) in [7, 11) is 1.83. The standard InChI is InChI=1S/C15H15N5O/c1-10-14(11(2)19(3)17-10)15(21)13-9-16-18-20(13)12-7-5-4-6-8-12/h4-9H,1-3H3. The molecule has 0 aliphatic heterocycles. The van der Waals surface area contributed by atoms with E-state index in [0.29, 0.717) is 17.0 Å². The highest BCUT2D eigenvalue weighted by atomic mass is 16.1. The number of ketones is 1. The smallest absolute Gasteiger partial charge is 0.216 e. The Kier molecular flexibility index (Phi) is 3.13. The summed E-state index contributed by atoms with van der Waals surface area (Å²) in [4.78, 5) is 12.8.